The molecule has 1 amide bonds. The number of carbonyl (C=O) groups is 1. The third kappa shape index (κ3) is 2.09. The Balaban J connectivity index is 2.43. The molecule has 1 aliphatic heterocycles. The fourth-order valence-electron chi connectivity index (χ4n) is 1.93. The number of rotatable bonds is 1. The molecule has 1 aromatic rings. The average Bonchev–Trinajstić information content (AvgIpc) is 2.26. The molecule has 0 unspecified atom stereocenters. The molecule has 0 aromatic heterocycles. The summed E-state index contributed by atoms with van der Waals surface area (Å²) < 4.78 is 31.7. The van der Waals surface area contributed by atoms with Crippen LogP contribution in [-0.2, 0) is 4.74 Å². The summed E-state index contributed by atoms with van der Waals surface area (Å²) in [5.74, 6) is -1.84. The van der Waals surface area contributed by atoms with Crippen molar-refractivity contribution in [1.82, 2.24) is 5.32 Å². The molecule has 17 heavy (non-hydrogen) atoms. The molecule has 1 aliphatic rings. The number of hydrogen-bond acceptors (Lipinski definition) is 2. The zero-order chi connectivity index (χ0) is 12.6. The van der Waals surface area contributed by atoms with Gasteiger partial charge in [0, 0.05) is 11.0 Å². The first kappa shape index (κ1) is 11.8. The van der Waals surface area contributed by atoms with Gasteiger partial charge in [0.15, 0.2) is 11.6 Å². The fraction of sp³-hybridized carbons (Fsp3) is 0.417. The molecular weight excluding hydrogens is 228 g/mol. The molecule has 0 spiro atoms. The summed E-state index contributed by atoms with van der Waals surface area (Å²) in [5.41, 5.74) is -0.352. The Bertz CT molecular complexity index is 460. The molecule has 1 aromatic carbocycles. The van der Waals surface area contributed by atoms with Gasteiger partial charge in [0.05, 0.1) is 6.04 Å². The van der Waals surface area contributed by atoms with Crippen LogP contribution >= 0.6 is 0 Å². The van der Waals surface area contributed by atoms with Gasteiger partial charge in [-0.05, 0) is 6.07 Å². The van der Waals surface area contributed by atoms with Crippen LogP contribution in [0.1, 0.15) is 25.5 Å². The lowest BCUT2D eigenvalue weighted by atomic mass is 9.80. The highest BCUT2D eigenvalue weighted by atomic mass is 19.2. The van der Waals surface area contributed by atoms with E-state index in [1.54, 1.807) is 0 Å². The van der Waals surface area contributed by atoms with Gasteiger partial charge in [0.25, 0.3) is 0 Å². The first-order valence-corrected chi connectivity index (χ1v) is 5.29. The van der Waals surface area contributed by atoms with Gasteiger partial charge < -0.3 is 10.1 Å². The molecule has 1 N–H and O–H groups in total. The Morgan fingerprint density at radius 2 is 2.12 bits per heavy atom. The van der Waals surface area contributed by atoms with Crippen LogP contribution < -0.4 is 5.32 Å². The number of alkyl carbamates (subject to hydrolysis) is 1. The molecule has 5 heteroatoms. The van der Waals surface area contributed by atoms with E-state index in [9.17, 15) is 13.6 Å². The van der Waals surface area contributed by atoms with Gasteiger partial charge in [-0.15, -0.1) is 0 Å². The van der Waals surface area contributed by atoms with Crippen molar-refractivity contribution in [3.05, 3.63) is 35.4 Å². The van der Waals surface area contributed by atoms with Gasteiger partial charge in [-0.1, -0.05) is 26.0 Å². The van der Waals surface area contributed by atoms with E-state index in [0.29, 0.717) is 0 Å². The fourth-order valence-corrected chi connectivity index (χ4v) is 1.93. The maximum Gasteiger partial charge on any atom is 0.407 e. The number of benzene rings is 1. The number of cyclic esters (lactones) is 1. The van der Waals surface area contributed by atoms with Gasteiger partial charge in [-0.2, -0.15) is 0 Å². The zero-order valence-electron chi connectivity index (χ0n) is 9.59. The average molecular weight is 241 g/mol. The van der Waals surface area contributed by atoms with Crippen LogP contribution in [0.3, 0.4) is 0 Å². The van der Waals surface area contributed by atoms with Crippen molar-refractivity contribution < 1.29 is 18.3 Å². The summed E-state index contributed by atoms with van der Waals surface area (Å²) >= 11 is 0. The number of carbonyl (C=O) groups excluding carboxylic acids is 1. The van der Waals surface area contributed by atoms with E-state index in [1.807, 2.05) is 13.8 Å². The third-order valence-electron chi connectivity index (χ3n) is 2.91. The van der Waals surface area contributed by atoms with Crippen molar-refractivity contribution in [3.63, 3.8) is 0 Å². The Hall–Kier alpha value is -1.65. The first-order chi connectivity index (χ1) is 7.92. The number of halogens is 2. The lowest BCUT2D eigenvalue weighted by molar-refractivity contribution is 0.0376. The third-order valence-corrected chi connectivity index (χ3v) is 2.91. The van der Waals surface area contributed by atoms with E-state index in [4.69, 9.17) is 4.74 Å². The van der Waals surface area contributed by atoms with Crippen LogP contribution in [0.4, 0.5) is 13.6 Å². The molecule has 0 saturated carbocycles. The number of hydrogen-bond donors (Lipinski definition) is 1. The molecule has 1 saturated heterocycles. The molecule has 0 aliphatic carbocycles. The van der Waals surface area contributed by atoms with Crippen LogP contribution in [0.25, 0.3) is 0 Å². The molecule has 92 valence electrons. The normalized spacial score (nSPS) is 22.8. The number of nitrogens with one attached hydrogen (secondary N) is 1. The minimum Gasteiger partial charge on any atom is -0.449 e. The van der Waals surface area contributed by atoms with Crippen molar-refractivity contribution in [1.29, 1.82) is 0 Å². The lowest BCUT2D eigenvalue weighted by Gasteiger charge is -2.38. The first-order valence-electron chi connectivity index (χ1n) is 5.29. The Kier molecular flexibility index (Phi) is 2.77. The highest BCUT2D eigenvalue weighted by Gasteiger charge is 2.39. The molecule has 3 nitrogen and oxygen atoms in total. The minimum atomic E-state index is -0.923. The van der Waals surface area contributed by atoms with E-state index in [2.05, 4.69) is 5.32 Å². The Morgan fingerprint density at radius 3 is 2.82 bits per heavy atom. The summed E-state index contributed by atoms with van der Waals surface area (Å²) in [6, 6.07) is 3.34. The summed E-state index contributed by atoms with van der Waals surface area (Å²) in [5, 5.41) is 2.52. The number of amides is 1. The van der Waals surface area contributed by atoms with Crippen LogP contribution in [0.5, 0.6) is 0 Å². The van der Waals surface area contributed by atoms with Crippen molar-refractivity contribution in [2.75, 3.05) is 6.61 Å². The van der Waals surface area contributed by atoms with Gasteiger partial charge in [0.2, 0.25) is 0 Å². The van der Waals surface area contributed by atoms with E-state index >= 15 is 0 Å². The highest BCUT2D eigenvalue weighted by Crippen LogP contribution is 2.37. The molecule has 1 heterocycles. The predicted molar refractivity (Wildman–Crippen MR) is 57.4 cm³/mol. The standard InChI is InChI=1S/C12H13F2NO2/c1-12(2)6-17-11(16)15-10(12)7-4-3-5-8(13)9(7)14/h3-5,10H,6H2,1-2H3,(H,15,16)/t10-/m1/s1. The van der Waals surface area contributed by atoms with Gasteiger partial charge in [0.1, 0.15) is 6.61 Å². The van der Waals surface area contributed by atoms with E-state index in [0.717, 1.165) is 6.07 Å². The second kappa shape index (κ2) is 3.98. The SMILES string of the molecule is CC1(C)COC(=O)N[C@@H]1c1cccc(F)c1F. The molecule has 1 atom stereocenters. The van der Waals surface area contributed by atoms with Crippen LogP contribution in [0.15, 0.2) is 18.2 Å². The van der Waals surface area contributed by atoms with E-state index in [-0.39, 0.29) is 12.2 Å². The summed E-state index contributed by atoms with van der Waals surface area (Å²) in [6.45, 7) is 3.81. The number of ether oxygens (including phenoxy) is 1. The lowest BCUT2D eigenvalue weighted by Crippen LogP contribution is -2.47. The summed E-state index contributed by atoms with van der Waals surface area (Å²) in [7, 11) is 0. The molecular formula is C12H13F2NO2. The quantitative estimate of drug-likeness (QED) is 0.821. The summed E-state index contributed by atoms with van der Waals surface area (Å²) in [4.78, 5) is 11.2. The van der Waals surface area contributed by atoms with Crippen molar-refractivity contribution in [2.24, 2.45) is 5.41 Å². The van der Waals surface area contributed by atoms with Crippen LogP contribution in [0, 0.1) is 17.0 Å². The topological polar surface area (TPSA) is 38.3 Å². The van der Waals surface area contributed by atoms with E-state index < -0.39 is 29.2 Å². The second-order valence-corrected chi connectivity index (χ2v) is 4.79. The zero-order valence-corrected chi connectivity index (χ0v) is 9.59. The van der Waals surface area contributed by atoms with Gasteiger partial charge in [-0.3, -0.25) is 0 Å². The molecule has 0 radical (unpaired) electrons. The van der Waals surface area contributed by atoms with Crippen molar-refractivity contribution in [2.45, 2.75) is 19.9 Å². The van der Waals surface area contributed by atoms with Crippen molar-refractivity contribution in [3.8, 4) is 0 Å². The Labute approximate surface area is 97.8 Å². The van der Waals surface area contributed by atoms with Crippen molar-refractivity contribution >= 4 is 6.09 Å². The minimum absolute atomic E-state index is 0.145. The van der Waals surface area contributed by atoms with Gasteiger partial charge in [-0.25, -0.2) is 13.6 Å². The largest absolute Gasteiger partial charge is 0.449 e. The monoisotopic (exact) mass is 241 g/mol. The van der Waals surface area contributed by atoms with Crippen LogP contribution in [-0.4, -0.2) is 12.7 Å². The summed E-state index contributed by atoms with van der Waals surface area (Å²) in [6.07, 6.45) is -0.613. The molecule has 0 bridgehead atoms. The predicted octanol–water partition coefficient (Wildman–Crippen LogP) is 2.77. The molecule has 2 rings (SSSR count). The molecule has 1 fully saturated rings. The Morgan fingerprint density at radius 1 is 1.41 bits per heavy atom. The maximum absolute atomic E-state index is 13.7. The van der Waals surface area contributed by atoms with Gasteiger partial charge >= 0.3 is 6.09 Å². The maximum atomic E-state index is 13.7. The smallest absolute Gasteiger partial charge is 0.407 e. The van der Waals surface area contributed by atoms with E-state index in [1.165, 1.54) is 12.1 Å². The second-order valence-electron chi connectivity index (χ2n) is 4.79. The van der Waals surface area contributed by atoms with Crippen LogP contribution in [0.2, 0.25) is 0 Å². The highest BCUT2D eigenvalue weighted by molar-refractivity contribution is 5.69.